The van der Waals surface area contributed by atoms with E-state index in [4.69, 9.17) is 10.7 Å². The number of rotatable bonds is 3. The lowest BCUT2D eigenvalue weighted by Gasteiger charge is -1.99. The van der Waals surface area contributed by atoms with E-state index in [1.165, 1.54) is 5.56 Å². The lowest BCUT2D eigenvalue weighted by atomic mass is 10.1. The zero-order valence-corrected chi connectivity index (χ0v) is 13.1. The minimum absolute atomic E-state index is 0.450. The van der Waals surface area contributed by atoms with Crippen LogP contribution in [0, 0.1) is 0 Å². The fourth-order valence-corrected chi connectivity index (χ4v) is 3.80. The Balaban J connectivity index is 2.13. The summed E-state index contributed by atoms with van der Waals surface area (Å²) in [5.74, 6) is 0. The van der Waals surface area contributed by atoms with Crippen molar-refractivity contribution in [3.8, 4) is 21.0 Å². The fraction of sp³-hybridized carbons (Fsp3) is 0.0625. The average Bonchev–Trinajstić information content (AvgIpc) is 2.92. The molecule has 3 aromatic rings. The summed E-state index contributed by atoms with van der Waals surface area (Å²) in [6.07, 6.45) is 0. The van der Waals surface area contributed by atoms with Crippen LogP contribution in [-0.2, 0) is 6.54 Å². The van der Waals surface area contributed by atoms with E-state index in [1.54, 1.807) is 11.3 Å². The van der Waals surface area contributed by atoms with Crippen LogP contribution in [0.1, 0.15) is 5.69 Å². The number of halogens is 1. The molecule has 0 amide bonds. The third-order valence-corrected chi connectivity index (χ3v) is 4.90. The van der Waals surface area contributed by atoms with Crippen LogP contribution >= 0.6 is 27.3 Å². The summed E-state index contributed by atoms with van der Waals surface area (Å²) in [5, 5.41) is 0.997. The van der Waals surface area contributed by atoms with Gasteiger partial charge in [0.25, 0.3) is 0 Å². The zero-order chi connectivity index (χ0) is 13.9. The Morgan fingerprint density at radius 3 is 2.40 bits per heavy atom. The first-order chi connectivity index (χ1) is 9.79. The molecule has 0 unspecified atom stereocenters. The molecule has 20 heavy (non-hydrogen) atoms. The van der Waals surface area contributed by atoms with Gasteiger partial charge in [-0.25, -0.2) is 4.98 Å². The summed E-state index contributed by atoms with van der Waals surface area (Å²) in [6.45, 7) is 0.450. The van der Waals surface area contributed by atoms with Crippen molar-refractivity contribution in [3.63, 3.8) is 0 Å². The van der Waals surface area contributed by atoms with Crippen molar-refractivity contribution in [1.82, 2.24) is 4.98 Å². The van der Waals surface area contributed by atoms with Crippen molar-refractivity contribution < 1.29 is 0 Å². The monoisotopic (exact) mass is 344 g/mol. The summed E-state index contributed by atoms with van der Waals surface area (Å²) in [6, 6.07) is 18.4. The molecule has 1 heterocycles. The van der Waals surface area contributed by atoms with Crippen LogP contribution in [0.2, 0.25) is 0 Å². The quantitative estimate of drug-likeness (QED) is 0.747. The van der Waals surface area contributed by atoms with Crippen molar-refractivity contribution in [2.75, 3.05) is 0 Å². The van der Waals surface area contributed by atoms with Gasteiger partial charge in [0.1, 0.15) is 5.01 Å². The molecule has 0 aliphatic carbocycles. The van der Waals surface area contributed by atoms with Crippen LogP contribution in [0.3, 0.4) is 0 Å². The Bertz CT molecular complexity index is 722. The molecular weight excluding hydrogens is 332 g/mol. The standard InChI is InChI=1S/C16H13BrN2S/c17-13-9-5-4-8-12(13)16-19-14(10-18)15(20-16)11-6-2-1-3-7-11/h1-9H,10,18H2. The van der Waals surface area contributed by atoms with Gasteiger partial charge in [0, 0.05) is 16.6 Å². The number of hydrogen-bond donors (Lipinski definition) is 1. The van der Waals surface area contributed by atoms with Crippen LogP contribution in [0.5, 0.6) is 0 Å². The number of nitrogens with two attached hydrogens (primary N) is 1. The van der Waals surface area contributed by atoms with Crippen LogP contribution < -0.4 is 5.73 Å². The molecule has 3 rings (SSSR count). The van der Waals surface area contributed by atoms with E-state index < -0.39 is 0 Å². The van der Waals surface area contributed by atoms with Crippen molar-refractivity contribution >= 4 is 27.3 Å². The summed E-state index contributed by atoms with van der Waals surface area (Å²) in [4.78, 5) is 5.85. The molecule has 0 aliphatic rings. The van der Waals surface area contributed by atoms with Gasteiger partial charge in [-0.1, -0.05) is 64.5 Å². The predicted octanol–water partition coefficient (Wildman–Crippen LogP) is 4.70. The van der Waals surface area contributed by atoms with Crippen molar-refractivity contribution in [1.29, 1.82) is 0 Å². The van der Waals surface area contributed by atoms with Gasteiger partial charge < -0.3 is 5.73 Å². The molecule has 100 valence electrons. The highest BCUT2D eigenvalue weighted by atomic mass is 79.9. The van der Waals surface area contributed by atoms with Gasteiger partial charge in [0.15, 0.2) is 0 Å². The van der Waals surface area contributed by atoms with Gasteiger partial charge >= 0.3 is 0 Å². The molecule has 2 nitrogen and oxygen atoms in total. The largest absolute Gasteiger partial charge is 0.325 e. The summed E-state index contributed by atoms with van der Waals surface area (Å²) in [7, 11) is 0. The highest BCUT2D eigenvalue weighted by Gasteiger charge is 2.14. The maximum Gasteiger partial charge on any atom is 0.125 e. The van der Waals surface area contributed by atoms with Crippen LogP contribution in [0.4, 0.5) is 0 Å². The van der Waals surface area contributed by atoms with Gasteiger partial charge in [-0.05, 0) is 11.6 Å². The Hall–Kier alpha value is -1.49. The highest BCUT2D eigenvalue weighted by Crippen LogP contribution is 2.37. The van der Waals surface area contributed by atoms with Gasteiger partial charge in [-0.15, -0.1) is 11.3 Å². The molecule has 0 fully saturated rings. The molecule has 0 spiro atoms. The molecule has 0 saturated carbocycles. The van der Waals surface area contributed by atoms with Gasteiger partial charge in [-0.2, -0.15) is 0 Å². The fourth-order valence-electron chi connectivity index (χ4n) is 2.06. The van der Waals surface area contributed by atoms with Crippen molar-refractivity contribution in [2.45, 2.75) is 6.54 Å². The van der Waals surface area contributed by atoms with Crippen molar-refractivity contribution in [3.05, 3.63) is 64.8 Å². The maximum absolute atomic E-state index is 5.85. The van der Waals surface area contributed by atoms with Crippen LogP contribution in [0.15, 0.2) is 59.1 Å². The number of hydrogen-bond acceptors (Lipinski definition) is 3. The highest BCUT2D eigenvalue weighted by molar-refractivity contribution is 9.10. The first kappa shape index (κ1) is 13.5. The van der Waals surface area contributed by atoms with Gasteiger partial charge in [-0.3, -0.25) is 0 Å². The van der Waals surface area contributed by atoms with E-state index in [2.05, 4.69) is 34.1 Å². The summed E-state index contributed by atoms with van der Waals surface area (Å²) >= 11 is 5.26. The Morgan fingerprint density at radius 2 is 1.70 bits per heavy atom. The third-order valence-electron chi connectivity index (χ3n) is 3.03. The number of aromatic nitrogens is 1. The topological polar surface area (TPSA) is 38.9 Å². The SMILES string of the molecule is NCc1nc(-c2ccccc2Br)sc1-c1ccccc1. The van der Waals surface area contributed by atoms with Gasteiger partial charge in [0.05, 0.1) is 10.6 Å². The van der Waals surface area contributed by atoms with E-state index in [-0.39, 0.29) is 0 Å². The Kier molecular flexibility index (Phi) is 3.96. The van der Waals surface area contributed by atoms with E-state index in [0.717, 1.165) is 25.6 Å². The summed E-state index contributed by atoms with van der Waals surface area (Å²) < 4.78 is 1.05. The second kappa shape index (κ2) is 5.87. The van der Waals surface area contributed by atoms with Crippen LogP contribution in [0.25, 0.3) is 21.0 Å². The van der Waals surface area contributed by atoms with E-state index in [9.17, 15) is 0 Å². The molecule has 1 aromatic heterocycles. The number of nitrogens with zero attached hydrogens (tertiary/aromatic N) is 1. The molecule has 0 radical (unpaired) electrons. The first-order valence-electron chi connectivity index (χ1n) is 6.29. The Labute approximate surface area is 130 Å². The van der Waals surface area contributed by atoms with E-state index in [1.807, 2.05) is 36.4 Å². The molecule has 0 atom stereocenters. The average molecular weight is 345 g/mol. The minimum atomic E-state index is 0.450. The minimum Gasteiger partial charge on any atom is -0.325 e. The van der Waals surface area contributed by atoms with E-state index >= 15 is 0 Å². The third kappa shape index (κ3) is 2.54. The molecule has 2 aromatic carbocycles. The molecule has 0 saturated heterocycles. The predicted molar refractivity (Wildman–Crippen MR) is 88.6 cm³/mol. The number of thiazole rings is 1. The zero-order valence-electron chi connectivity index (χ0n) is 10.7. The molecule has 2 N–H and O–H groups in total. The Morgan fingerprint density at radius 1 is 1.00 bits per heavy atom. The second-order valence-corrected chi connectivity index (χ2v) is 6.20. The normalized spacial score (nSPS) is 10.7. The number of benzene rings is 2. The maximum atomic E-state index is 5.85. The summed E-state index contributed by atoms with van der Waals surface area (Å²) in [5.41, 5.74) is 9.08. The van der Waals surface area contributed by atoms with Crippen molar-refractivity contribution in [2.24, 2.45) is 5.73 Å². The molecule has 4 heteroatoms. The molecule has 0 aliphatic heterocycles. The van der Waals surface area contributed by atoms with Gasteiger partial charge in [0.2, 0.25) is 0 Å². The molecular formula is C16H13BrN2S. The van der Waals surface area contributed by atoms with E-state index in [0.29, 0.717) is 6.54 Å². The first-order valence-corrected chi connectivity index (χ1v) is 7.90. The second-order valence-electron chi connectivity index (χ2n) is 4.34. The lowest BCUT2D eigenvalue weighted by molar-refractivity contribution is 1.02. The van der Waals surface area contributed by atoms with Crippen LogP contribution in [-0.4, -0.2) is 4.98 Å². The lowest BCUT2D eigenvalue weighted by Crippen LogP contribution is -1.98. The smallest absolute Gasteiger partial charge is 0.125 e. The molecule has 0 bridgehead atoms.